The Morgan fingerprint density at radius 3 is 2.64 bits per heavy atom. The van der Waals surface area contributed by atoms with Crippen LogP contribution >= 0.6 is 0 Å². The first-order valence-corrected chi connectivity index (χ1v) is 5.45. The molecule has 0 aromatic carbocycles. The number of likely N-dealkylation sites (tertiary alicyclic amines) is 1. The van der Waals surface area contributed by atoms with Gasteiger partial charge in [-0.25, -0.2) is 4.79 Å². The molecule has 0 saturated carbocycles. The van der Waals surface area contributed by atoms with E-state index in [9.17, 15) is 4.79 Å². The quantitative estimate of drug-likeness (QED) is 0.606. The fourth-order valence-corrected chi connectivity index (χ4v) is 2.19. The lowest BCUT2D eigenvalue weighted by Crippen LogP contribution is -2.55. The maximum absolute atomic E-state index is 11.0. The van der Waals surface area contributed by atoms with Gasteiger partial charge in [0.25, 0.3) is 0 Å². The van der Waals surface area contributed by atoms with Crippen LogP contribution in [0.1, 0.15) is 26.7 Å². The smallest absolute Gasteiger partial charge is 0.315 e. The van der Waals surface area contributed by atoms with Crippen molar-refractivity contribution in [2.45, 2.75) is 32.2 Å². The molecule has 2 saturated heterocycles. The topological polar surface area (TPSA) is 44.4 Å². The number of hydrogen-bond acceptors (Lipinski definition) is 2. The summed E-state index contributed by atoms with van der Waals surface area (Å²) in [5.41, 5.74) is 0.0318. The number of nitrogens with zero attached hydrogens (tertiary/aromatic N) is 1. The monoisotopic (exact) mass is 199 g/mol. The van der Waals surface area contributed by atoms with Gasteiger partial charge < -0.3 is 15.5 Å². The molecule has 2 amide bonds. The number of hydrogen-bond donors (Lipinski definition) is 2. The van der Waals surface area contributed by atoms with Gasteiger partial charge in [-0.2, -0.15) is 0 Å². The summed E-state index contributed by atoms with van der Waals surface area (Å²) < 4.78 is 0. The molecule has 4 nitrogen and oxygen atoms in total. The first-order chi connectivity index (χ1) is 6.70. The third-order valence-electron chi connectivity index (χ3n) is 2.73. The zero-order valence-electron chi connectivity index (χ0n) is 9.39. The molecule has 2 fully saturated rings. The molecular formula is C10H21N3O. The van der Waals surface area contributed by atoms with E-state index in [-0.39, 0.29) is 11.6 Å². The van der Waals surface area contributed by atoms with Crippen LogP contribution in [-0.4, -0.2) is 43.2 Å². The highest BCUT2D eigenvalue weighted by Crippen LogP contribution is 2.21. The van der Waals surface area contributed by atoms with Gasteiger partial charge >= 0.3 is 6.03 Å². The average molecular weight is 199 g/mol. The fourth-order valence-electron chi connectivity index (χ4n) is 2.19. The van der Waals surface area contributed by atoms with E-state index < -0.39 is 0 Å². The highest BCUT2D eigenvalue weighted by molar-refractivity contribution is 5.77. The average Bonchev–Trinajstić information content (AvgIpc) is 2.50. The molecule has 2 aliphatic heterocycles. The minimum Gasteiger partial charge on any atom is -0.336 e. The minimum atomic E-state index is -0.00898. The zero-order chi connectivity index (χ0) is 10.6. The summed E-state index contributed by atoms with van der Waals surface area (Å²) in [6, 6.07) is -0.00898. The van der Waals surface area contributed by atoms with Crippen molar-refractivity contribution < 1.29 is 4.79 Å². The van der Waals surface area contributed by atoms with Crippen LogP contribution in [-0.2, 0) is 0 Å². The van der Waals surface area contributed by atoms with Gasteiger partial charge in [-0.1, -0.05) is 13.8 Å². The highest BCUT2D eigenvalue weighted by atomic mass is 16.2. The molecule has 0 aromatic heterocycles. The Labute approximate surface area is 86.0 Å². The van der Waals surface area contributed by atoms with Crippen molar-refractivity contribution in [1.29, 1.82) is 0 Å². The van der Waals surface area contributed by atoms with E-state index in [0.29, 0.717) is 0 Å². The Morgan fingerprint density at radius 1 is 1.43 bits per heavy atom. The van der Waals surface area contributed by atoms with Crippen molar-refractivity contribution in [3.8, 4) is 0 Å². The second-order valence-corrected chi connectivity index (χ2v) is 3.93. The Hall–Kier alpha value is -0.770. The van der Waals surface area contributed by atoms with Crippen LogP contribution in [0.5, 0.6) is 0 Å². The van der Waals surface area contributed by atoms with E-state index in [1.54, 1.807) is 0 Å². The van der Waals surface area contributed by atoms with E-state index in [0.717, 1.165) is 26.1 Å². The molecule has 1 atom stereocenters. The number of rotatable bonds is 0. The van der Waals surface area contributed by atoms with Gasteiger partial charge in [0.2, 0.25) is 0 Å². The Bertz CT molecular complexity index is 208. The molecule has 2 aliphatic rings. The highest BCUT2D eigenvalue weighted by Gasteiger charge is 2.39. The largest absolute Gasteiger partial charge is 0.336 e. The molecule has 2 heterocycles. The third kappa shape index (κ3) is 2.38. The molecule has 0 aromatic rings. The van der Waals surface area contributed by atoms with Crippen LogP contribution in [0.2, 0.25) is 0 Å². The van der Waals surface area contributed by atoms with Crippen LogP contribution in [0.15, 0.2) is 0 Å². The molecule has 2 N–H and O–H groups in total. The summed E-state index contributed by atoms with van der Waals surface area (Å²) in [6.45, 7) is 6.92. The predicted molar refractivity (Wildman–Crippen MR) is 57.3 cm³/mol. The maximum atomic E-state index is 11.0. The lowest BCUT2D eigenvalue weighted by molar-refractivity contribution is 0.171. The SMILES string of the molecule is CC.CN1CCCC2(CNC(=O)N2)C1. The summed E-state index contributed by atoms with van der Waals surface area (Å²) in [5, 5.41) is 5.83. The molecule has 2 rings (SSSR count). The van der Waals surface area contributed by atoms with Gasteiger partial charge in [-0.15, -0.1) is 0 Å². The van der Waals surface area contributed by atoms with Crippen LogP contribution in [0.4, 0.5) is 4.79 Å². The number of carbonyl (C=O) groups is 1. The van der Waals surface area contributed by atoms with Crippen molar-refractivity contribution in [1.82, 2.24) is 15.5 Å². The molecular weight excluding hydrogens is 178 g/mol. The van der Waals surface area contributed by atoms with Crippen LogP contribution in [0, 0.1) is 0 Å². The van der Waals surface area contributed by atoms with Crippen molar-refractivity contribution in [2.24, 2.45) is 0 Å². The molecule has 0 aliphatic carbocycles. The van der Waals surface area contributed by atoms with E-state index in [4.69, 9.17) is 0 Å². The zero-order valence-corrected chi connectivity index (χ0v) is 9.39. The summed E-state index contributed by atoms with van der Waals surface area (Å²) in [5.74, 6) is 0. The number of piperidine rings is 1. The molecule has 0 bridgehead atoms. The lowest BCUT2D eigenvalue weighted by atomic mass is 9.90. The summed E-state index contributed by atoms with van der Waals surface area (Å²) in [7, 11) is 2.10. The second kappa shape index (κ2) is 4.64. The van der Waals surface area contributed by atoms with Gasteiger partial charge in [0, 0.05) is 13.1 Å². The molecule has 14 heavy (non-hydrogen) atoms. The van der Waals surface area contributed by atoms with Gasteiger partial charge in [-0.05, 0) is 26.4 Å². The fraction of sp³-hybridized carbons (Fsp3) is 0.900. The summed E-state index contributed by atoms with van der Waals surface area (Å²) in [6.07, 6.45) is 2.29. The second-order valence-electron chi connectivity index (χ2n) is 3.93. The summed E-state index contributed by atoms with van der Waals surface area (Å²) >= 11 is 0. The number of amides is 2. The van der Waals surface area contributed by atoms with Crippen molar-refractivity contribution in [3.63, 3.8) is 0 Å². The van der Waals surface area contributed by atoms with Gasteiger partial charge in [0.05, 0.1) is 5.54 Å². The van der Waals surface area contributed by atoms with Crippen molar-refractivity contribution in [3.05, 3.63) is 0 Å². The van der Waals surface area contributed by atoms with Crippen molar-refractivity contribution >= 4 is 6.03 Å². The third-order valence-corrected chi connectivity index (χ3v) is 2.73. The Kier molecular flexibility index (Phi) is 3.75. The van der Waals surface area contributed by atoms with Crippen LogP contribution < -0.4 is 10.6 Å². The van der Waals surface area contributed by atoms with Gasteiger partial charge in [0.15, 0.2) is 0 Å². The lowest BCUT2D eigenvalue weighted by Gasteiger charge is -2.37. The Morgan fingerprint density at radius 2 is 2.14 bits per heavy atom. The van der Waals surface area contributed by atoms with Crippen LogP contribution in [0.3, 0.4) is 0 Å². The minimum absolute atomic E-state index is 0.00898. The van der Waals surface area contributed by atoms with Gasteiger partial charge in [0.1, 0.15) is 0 Å². The molecule has 4 heteroatoms. The maximum Gasteiger partial charge on any atom is 0.315 e. The standard InChI is InChI=1S/C8H15N3O.C2H6/c1-11-4-2-3-8(6-11)5-9-7(12)10-8;1-2/h2-6H2,1H3,(H2,9,10,12);1-2H3. The first kappa shape index (κ1) is 11.3. The number of carbonyl (C=O) groups excluding carboxylic acids is 1. The predicted octanol–water partition coefficient (Wildman–Crippen LogP) is 0.790. The van der Waals surface area contributed by atoms with Gasteiger partial charge in [-0.3, -0.25) is 0 Å². The molecule has 1 spiro atoms. The normalized spacial score (nSPS) is 31.8. The van der Waals surface area contributed by atoms with E-state index in [2.05, 4.69) is 22.6 Å². The number of nitrogens with one attached hydrogen (secondary N) is 2. The molecule has 1 unspecified atom stereocenters. The molecule has 82 valence electrons. The van der Waals surface area contributed by atoms with E-state index in [1.807, 2.05) is 13.8 Å². The van der Waals surface area contributed by atoms with Crippen molar-refractivity contribution in [2.75, 3.05) is 26.7 Å². The van der Waals surface area contributed by atoms with E-state index >= 15 is 0 Å². The Balaban J connectivity index is 0.000000461. The summed E-state index contributed by atoms with van der Waals surface area (Å²) in [4.78, 5) is 13.3. The first-order valence-electron chi connectivity index (χ1n) is 5.45. The number of urea groups is 1. The number of likely N-dealkylation sites (N-methyl/N-ethyl adjacent to an activating group) is 1. The van der Waals surface area contributed by atoms with Crippen LogP contribution in [0.25, 0.3) is 0 Å². The van der Waals surface area contributed by atoms with E-state index in [1.165, 1.54) is 6.42 Å². The molecule has 0 radical (unpaired) electrons.